The highest BCUT2D eigenvalue weighted by molar-refractivity contribution is 7.99. The summed E-state index contributed by atoms with van der Waals surface area (Å²) in [6.45, 7) is 4.08. The molecule has 1 rings (SSSR count). The van der Waals surface area contributed by atoms with Gasteiger partial charge in [0.1, 0.15) is 0 Å². The van der Waals surface area contributed by atoms with Crippen LogP contribution in [0.25, 0.3) is 0 Å². The Hall–Kier alpha value is -0.760. The Morgan fingerprint density at radius 2 is 1.82 bits per heavy atom. The average Bonchev–Trinajstić information content (AvgIpc) is 2.34. The van der Waals surface area contributed by atoms with Crippen molar-refractivity contribution in [3.63, 3.8) is 0 Å². The molecule has 0 atom stereocenters. The van der Waals surface area contributed by atoms with Gasteiger partial charge in [-0.1, -0.05) is 25.5 Å². The summed E-state index contributed by atoms with van der Waals surface area (Å²) in [6, 6.07) is 8.90. The third-order valence-electron chi connectivity index (χ3n) is 2.80. The number of thioether (sulfide) groups is 1. The molecule has 0 unspecified atom stereocenters. The van der Waals surface area contributed by atoms with E-state index in [1.165, 1.54) is 35.5 Å². The molecule has 0 aromatic heterocycles. The number of aryl methyl sites for hydroxylation is 1. The second kappa shape index (κ2) is 8.35. The minimum Gasteiger partial charge on any atom is -0.310 e. The van der Waals surface area contributed by atoms with Crippen LogP contribution in [-0.4, -0.2) is 11.5 Å². The van der Waals surface area contributed by atoms with Crippen LogP contribution >= 0.6 is 11.8 Å². The van der Waals surface area contributed by atoms with Crippen molar-refractivity contribution < 1.29 is 0 Å². The molecule has 1 N–H and O–H groups in total. The van der Waals surface area contributed by atoms with E-state index in [0.717, 1.165) is 18.6 Å². The lowest BCUT2D eigenvalue weighted by atomic mass is 10.1. The topological polar surface area (TPSA) is 23.9 Å². The van der Waals surface area contributed by atoms with E-state index in [4.69, 9.17) is 5.41 Å². The highest BCUT2D eigenvalue weighted by Crippen LogP contribution is 2.20. The predicted octanol–water partition coefficient (Wildman–Crippen LogP) is 4.94. The van der Waals surface area contributed by atoms with Crippen molar-refractivity contribution in [2.24, 2.45) is 0 Å². The van der Waals surface area contributed by atoms with Crippen molar-refractivity contribution in [3.05, 3.63) is 29.8 Å². The lowest BCUT2D eigenvalue weighted by molar-refractivity contribution is 0.745. The lowest BCUT2D eigenvalue weighted by Crippen LogP contribution is -1.89. The fourth-order valence-electron chi connectivity index (χ4n) is 1.68. The van der Waals surface area contributed by atoms with Gasteiger partial charge in [0.2, 0.25) is 0 Å². The molecule has 0 fully saturated rings. The van der Waals surface area contributed by atoms with E-state index in [1.54, 1.807) is 0 Å². The van der Waals surface area contributed by atoms with Gasteiger partial charge in [0.05, 0.1) is 0 Å². The Labute approximate surface area is 110 Å². The summed E-state index contributed by atoms with van der Waals surface area (Å²) in [7, 11) is 0. The largest absolute Gasteiger partial charge is 0.310 e. The molecule has 0 aliphatic rings. The van der Waals surface area contributed by atoms with Crippen LogP contribution in [0.2, 0.25) is 0 Å². The molecule has 0 saturated heterocycles. The monoisotopic (exact) mass is 249 g/mol. The van der Waals surface area contributed by atoms with E-state index >= 15 is 0 Å². The molecule has 0 aliphatic carbocycles. The molecule has 1 aromatic carbocycles. The fraction of sp³-hybridized carbons (Fsp3) is 0.533. The zero-order chi connectivity index (χ0) is 12.5. The number of rotatable bonds is 8. The number of benzene rings is 1. The van der Waals surface area contributed by atoms with E-state index in [0.29, 0.717) is 0 Å². The molecule has 0 radical (unpaired) electrons. The first kappa shape index (κ1) is 14.3. The molecule has 0 aliphatic heterocycles. The minimum absolute atomic E-state index is 0.813. The minimum atomic E-state index is 0.813. The summed E-state index contributed by atoms with van der Waals surface area (Å²) in [6.07, 6.45) is 5.76. The second-order valence-corrected chi connectivity index (χ2v) is 5.61. The van der Waals surface area contributed by atoms with Gasteiger partial charge in [0.25, 0.3) is 0 Å². The molecule has 0 heterocycles. The first-order valence-corrected chi connectivity index (χ1v) is 7.46. The van der Waals surface area contributed by atoms with Crippen molar-refractivity contribution in [1.82, 2.24) is 0 Å². The van der Waals surface area contributed by atoms with Gasteiger partial charge < -0.3 is 5.41 Å². The van der Waals surface area contributed by atoms with Crippen molar-refractivity contribution >= 4 is 17.5 Å². The number of hydrogen-bond acceptors (Lipinski definition) is 2. The predicted molar refractivity (Wildman–Crippen MR) is 78.4 cm³/mol. The van der Waals surface area contributed by atoms with Gasteiger partial charge in [0.15, 0.2) is 0 Å². The lowest BCUT2D eigenvalue weighted by Gasteiger charge is -2.03. The quantitative estimate of drug-likeness (QED) is 0.394. The van der Waals surface area contributed by atoms with Gasteiger partial charge in [0, 0.05) is 10.6 Å². The first-order chi connectivity index (χ1) is 8.22. The van der Waals surface area contributed by atoms with Crippen LogP contribution in [0.4, 0.5) is 0 Å². The third-order valence-corrected chi connectivity index (χ3v) is 3.89. The third kappa shape index (κ3) is 6.52. The van der Waals surface area contributed by atoms with Gasteiger partial charge in [-0.05, 0) is 56.1 Å². The Bertz CT molecular complexity index is 329. The van der Waals surface area contributed by atoms with E-state index in [-0.39, 0.29) is 0 Å². The molecular formula is C15H23NS. The van der Waals surface area contributed by atoms with Gasteiger partial charge in [-0.2, -0.15) is 0 Å². The van der Waals surface area contributed by atoms with Crippen LogP contribution in [0.5, 0.6) is 0 Å². The Kier molecular flexibility index (Phi) is 7.02. The molecule has 1 aromatic rings. The molecule has 0 spiro atoms. The number of nitrogens with one attached hydrogen (secondary N) is 1. The Morgan fingerprint density at radius 3 is 2.41 bits per heavy atom. The maximum Gasteiger partial charge on any atom is 0.00721 e. The average molecular weight is 249 g/mol. The molecule has 1 nitrogen and oxygen atoms in total. The smallest absolute Gasteiger partial charge is 0.00721 e. The highest BCUT2D eigenvalue weighted by atomic mass is 32.2. The van der Waals surface area contributed by atoms with E-state index in [1.807, 2.05) is 18.7 Å². The van der Waals surface area contributed by atoms with Gasteiger partial charge in [-0.15, -0.1) is 11.8 Å². The van der Waals surface area contributed by atoms with Crippen LogP contribution in [-0.2, 0) is 6.42 Å². The van der Waals surface area contributed by atoms with E-state index in [2.05, 4.69) is 31.2 Å². The van der Waals surface area contributed by atoms with E-state index < -0.39 is 0 Å². The standard InChI is InChI=1S/C15H23NS/c1-3-14-8-10-15(11-9-14)17-12-6-4-5-7-13(2)16/h8-11,16H,3-7,12H2,1-2H3. The molecule has 17 heavy (non-hydrogen) atoms. The maximum absolute atomic E-state index is 7.34. The molecule has 0 bridgehead atoms. The Morgan fingerprint density at radius 1 is 1.12 bits per heavy atom. The molecule has 94 valence electrons. The summed E-state index contributed by atoms with van der Waals surface area (Å²) in [5.41, 5.74) is 2.23. The van der Waals surface area contributed by atoms with Gasteiger partial charge >= 0.3 is 0 Å². The second-order valence-electron chi connectivity index (χ2n) is 4.44. The summed E-state index contributed by atoms with van der Waals surface area (Å²) < 4.78 is 0. The normalized spacial score (nSPS) is 10.5. The Balaban J connectivity index is 2.11. The molecule has 0 saturated carbocycles. The summed E-state index contributed by atoms with van der Waals surface area (Å²) in [4.78, 5) is 1.38. The van der Waals surface area contributed by atoms with Crippen LogP contribution in [0, 0.1) is 5.41 Å². The van der Waals surface area contributed by atoms with Crippen molar-refractivity contribution in [3.8, 4) is 0 Å². The van der Waals surface area contributed by atoms with Gasteiger partial charge in [-0.25, -0.2) is 0 Å². The molecule has 2 heteroatoms. The fourth-order valence-corrected chi connectivity index (χ4v) is 2.59. The zero-order valence-electron chi connectivity index (χ0n) is 11.0. The van der Waals surface area contributed by atoms with Gasteiger partial charge in [-0.3, -0.25) is 0 Å². The van der Waals surface area contributed by atoms with Crippen LogP contribution < -0.4 is 0 Å². The highest BCUT2D eigenvalue weighted by Gasteiger charge is 1.96. The SMILES string of the molecule is CCc1ccc(SCCCCCC(C)=N)cc1. The molecule has 0 amide bonds. The van der Waals surface area contributed by atoms with Crippen molar-refractivity contribution in [2.45, 2.75) is 50.8 Å². The van der Waals surface area contributed by atoms with Crippen molar-refractivity contribution in [1.29, 1.82) is 5.41 Å². The maximum atomic E-state index is 7.34. The summed E-state index contributed by atoms with van der Waals surface area (Å²) in [5, 5.41) is 7.34. The van der Waals surface area contributed by atoms with Crippen LogP contribution in [0.15, 0.2) is 29.2 Å². The summed E-state index contributed by atoms with van der Waals surface area (Å²) >= 11 is 1.94. The van der Waals surface area contributed by atoms with E-state index in [9.17, 15) is 0 Å². The first-order valence-electron chi connectivity index (χ1n) is 6.48. The summed E-state index contributed by atoms with van der Waals surface area (Å²) in [5.74, 6) is 1.20. The van der Waals surface area contributed by atoms with Crippen LogP contribution in [0.1, 0.15) is 45.1 Å². The van der Waals surface area contributed by atoms with Crippen LogP contribution in [0.3, 0.4) is 0 Å². The molecular weight excluding hydrogens is 226 g/mol. The number of unbranched alkanes of at least 4 members (excludes halogenated alkanes) is 2. The van der Waals surface area contributed by atoms with Crippen molar-refractivity contribution in [2.75, 3.05) is 5.75 Å². The zero-order valence-corrected chi connectivity index (χ0v) is 11.8. The number of hydrogen-bond donors (Lipinski definition) is 1.